The molecule has 42 heavy (non-hydrogen) atoms. The summed E-state index contributed by atoms with van der Waals surface area (Å²) in [6, 6.07) is 21.5. The lowest BCUT2D eigenvalue weighted by Gasteiger charge is -2.24. The molecule has 0 aliphatic heterocycles. The zero-order chi connectivity index (χ0) is 30.7. The number of carbonyl (C=O) groups is 1. The first-order valence-electron chi connectivity index (χ1n) is 12.4. The summed E-state index contributed by atoms with van der Waals surface area (Å²) < 4.78 is 94.5. The van der Waals surface area contributed by atoms with Crippen LogP contribution in [0.2, 0.25) is 0 Å². The molecular weight excluding hydrogens is 591 g/mol. The quantitative estimate of drug-likeness (QED) is 0.241. The predicted octanol–water partition coefficient (Wildman–Crippen LogP) is 5.96. The summed E-state index contributed by atoms with van der Waals surface area (Å²) >= 11 is 0. The molecule has 4 rings (SSSR count). The van der Waals surface area contributed by atoms with Crippen LogP contribution in [0.1, 0.15) is 16.7 Å². The summed E-state index contributed by atoms with van der Waals surface area (Å²) in [7, 11) is -8.37. The normalized spacial score (nSPS) is 12.0. The van der Waals surface area contributed by atoms with E-state index < -0.39 is 44.2 Å². The fourth-order valence-corrected chi connectivity index (χ4v) is 6.36. The molecule has 4 aromatic rings. The molecule has 0 unspecified atom stereocenters. The van der Waals surface area contributed by atoms with Crippen molar-refractivity contribution in [1.82, 2.24) is 0 Å². The lowest BCUT2D eigenvalue weighted by molar-refractivity contribution is -0.137. The SMILES string of the molecule is Cc1ccc(N(CC(=O)Nc2ccc(S(=O)(=O)Nc3cccc(C(F)(F)F)c3)cc2)S(=O)(=O)c2ccc(C)cc2)cc1. The van der Waals surface area contributed by atoms with Gasteiger partial charge in [0.25, 0.3) is 20.0 Å². The van der Waals surface area contributed by atoms with E-state index in [-0.39, 0.29) is 26.9 Å². The van der Waals surface area contributed by atoms with Gasteiger partial charge in [-0.25, -0.2) is 16.8 Å². The summed E-state index contributed by atoms with van der Waals surface area (Å²) in [5, 5.41) is 2.55. The van der Waals surface area contributed by atoms with Crippen molar-refractivity contribution in [3.8, 4) is 0 Å². The van der Waals surface area contributed by atoms with Crippen molar-refractivity contribution in [2.24, 2.45) is 0 Å². The van der Waals surface area contributed by atoms with Crippen molar-refractivity contribution in [2.75, 3.05) is 20.9 Å². The average Bonchev–Trinajstić information content (AvgIpc) is 2.92. The second-order valence-electron chi connectivity index (χ2n) is 9.42. The molecular formula is C29H26F3N3O5S2. The lowest BCUT2D eigenvalue weighted by Crippen LogP contribution is -2.38. The molecule has 0 saturated carbocycles. The molecule has 220 valence electrons. The number of rotatable bonds is 9. The Morgan fingerprint density at radius 3 is 1.86 bits per heavy atom. The highest BCUT2D eigenvalue weighted by Crippen LogP contribution is 2.31. The maximum atomic E-state index is 13.5. The molecule has 8 nitrogen and oxygen atoms in total. The number of hydrogen-bond donors (Lipinski definition) is 2. The fraction of sp³-hybridized carbons (Fsp3) is 0.138. The van der Waals surface area contributed by atoms with Gasteiger partial charge in [-0.05, 0) is 80.6 Å². The fourth-order valence-electron chi connectivity index (χ4n) is 3.89. The van der Waals surface area contributed by atoms with Gasteiger partial charge < -0.3 is 5.32 Å². The smallest absolute Gasteiger partial charge is 0.325 e. The first-order valence-corrected chi connectivity index (χ1v) is 15.3. The molecule has 0 aromatic heterocycles. The molecule has 0 spiro atoms. The Hall–Kier alpha value is -4.36. The molecule has 0 radical (unpaired) electrons. The standard InChI is InChI=1S/C29H26F3N3O5S2/c1-20-6-12-25(13-7-20)35(42(39,40)27-14-8-21(2)9-15-27)19-28(36)33-23-10-16-26(17-11-23)41(37,38)34-24-5-3-4-22(18-24)29(30,31)32/h3-18,34H,19H2,1-2H3,(H,33,36). The zero-order valence-corrected chi connectivity index (χ0v) is 24.0. The average molecular weight is 618 g/mol. The molecule has 2 N–H and O–H groups in total. The number of halogens is 3. The number of alkyl halides is 3. The van der Waals surface area contributed by atoms with Gasteiger partial charge in [0.2, 0.25) is 5.91 Å². The van der Waals surface area contributed by atoms with E-state index in [1.807, 2.05) is 13.8 Å². The molecule has 0 aliphatic carbocycles. The van der Waals surface area contributed by atoms with Gasteiger partial charge in [0.05, 0.1) is 21.0 Å². The first kappa shape index (κ1) is 30.6. The Bertz CT molecular complexity index is 1790. The maximum absolute atomic E-state index is 13.5. The third-order valence-corrected chi connectivity index (χ3v) is 9.29. The maximum Gasteiger partial charge on any atom is 0.416 e. The molecule has 0 bridgehead atoms. The van der Waals surface area contributed by atoms with E-state index >= 15 is 0 Å². The molecule has 0 aliphatic rings. The van der Waals surface area contributed by atoms with E-state index in [1.165, 1.54) is 30.3 Å². The van der Waals surface area contributed by atoms with Gasteiger partial charge in [-0.2, -0.15) is 13.2 Å². The summed E-state index contributed by atoms with van der Waals surface area (Å²) in [4.78, 5) is 12.7. The number of nitrogens with one attached hydrogen (secondary N) is 2. The number of carbonyl (C=O) groups excluding carboxylic acids is 1. The van der Waals surface area contributed by atoms with Crippen LogP contribution < -0.4 is 14.3 Å². The summed E-state index contributed by atoms with van der Waals surface area (Å²) in [6.45, 7) is 3.09. The van der Waals surface area contributed by atoms with Crippen LogP contribution >= 0.6 is 0 Å². The van der Waals surface area contributed by atoms with Crippen LogP contribution in [0.4, 0.5) is 30.2 Å². The van der Waals surface area contributed by atoms with E-state index in [4.69, 9.17) is 0 Å². The van der Waals surface area contributed by atoms with Gasteiger partial charge in [0.15, 0.2) is 0 Å². The van der Waals surface area contributed by atoms with Crippen molar-refractivity contribution < 1.29 is 34.8 Å². The number of anilines is 3. The Kier molecular flexibility index (Phi) is 8.64. The van der Waals surface area contributed by atoms with Crippen LogP contribution in [0.15, 0.2) is 107 Å². The highest BCUT2D eigenvalue weighted by molar-refractivity contribution is 7.93. The van der Waals surface area contributed by atoms with Crippen molar-refractivity contribution in [3.63, 3.8) is 0 Å². The van der Waals surface area contributed by atoms with E-state index in [0.29, 0.717) is 6.07 Å². The lowest BCUT2D eigenvalue weighted by atomic mass is 10.2. The van der Waals surface area contributed by atoms with E-state index in [2.05, 4.69) is 10.0 Å². The minimum absolute atomic E-state index is 0.00399. The Balaban J connectivity index is 1.51. The minimum Gasteiger partial charge on any atom is -0.325 e. The van der Waals surface area contributed by atoms with Crippen LogP contribution in [0.5, 0.6) is 0 Å². The van der Waals surface area contributed by atoms with Crippen LogP contribution in [0, 0.1) is 13.8 Å². The number of sulfonamides is 2. The van der Waals surface area contributed by atoms with Gasteiger partial charge in [0, 0.05) is 11.4 Å². The number of amides is 1. The van der Waals surface area contributed by atoms with Gasteiger partial charge in [-0.1, -0.05) is 41.5 Å². The molecule has 4 aromatic carbocycles. The van der Waals surface area contributed by atoms with Crippen molar-refractivity contribution in [2.45, 2.75) is 29.8 Å². The number of hydrogen-bond acceptors (Lipinski definition) is 5. The monoisotopic (exact) mass is 617 g/mol. The van der Waals surface area contributed by atoms with Crippen LogP contribution in [-0.4, -0.2) is 29.3 Å². The van der Waals surface area contributed by atoms with Crippen molar-refractivity contribution in [1.29, 1.82) is 0 Å². The molecule has 13 heteroatoms. The second kappa shape index (κ2) is 11.9. The van der Waals surface area contributed by atoms with Gasteiger partial charge >= 0.3 is 6.18 Å². The molecule has 1 amide bonds. The Morgan fingerprint density at radius 1 is 0.738 bits per heavy atom. The molecule has 0 fully saturated rings. The van der Waals surface area contributed by atoms with Gasteiger partial charge in [0.1, 0.15) is 6.54 Å². The number of benzene rings is 4. The highest BCUT2D eigenvalue weighted by atomic mass is 32.2. The second-order valence-corrected chi connectivity index (χ2v) is 13.0. The molecule has 0 atom stereocenters. The van der Waals surface area contributed by atoms with Crippen molar-refractivity contribution >= 4 is 43.0 Å². The van der Waals surface area contributed by atoms with Gasteiger partial charge in [-0.15, -0.1) is 0 Å². The minimum atomic E-state index is -4.64. The van der Waals surface area contributed by atoms with Crippen LogP contribution in [-0.2, 0) is 31.0 Å². The molecule has 0 saturated heterocycles. The summed E-state index contributed by atoms with van der Waals surface area (Å²) in [6.07, 6.45) is -4.64. The van der Waals surface area contributed by atoms with Gasteiger partial charge in [-0.3, -0.25) is 13.8 Å². The third kappa shape index (κ3) is 7.28. The first-order chi connectivity index (χ1) is 19.6. The number of nitrogens with zero attached hydrogens (tertiary/aromatic N) is 1. The highest BCUT2D eigenvalue weighted by Gasteiger charge is 2.31. The Morgan fingerprint density at radius 2 is 1.29 bits per heavy atom. The van der Waals surface area contributed by atoms with E-state index in [9.17, 15) is 34.8 Å². The Labute approximate surface area is 241 Å². The van der Waals surface area contributed by atoms with Crippen LogP contribution in [0.3, 0.4) is 0 Å². The molecule has 0 heterocycles. The van der Waals surface area contributed by atoms with Crippen molar-refractivity contribution in [3.05, 3.63) is 114 Å². The number of aryl methyl sites for hydroxylation is 2. The third-order valence-electron chi connectivity index (χ3n) is 6.11. The van der Waals surface area contributed by atoms with E-state index in [0.717, 1.165) is 39.7 Å². The summed E-state index contributed by atoms with van der Waals surface area (Å²) in [5.74, 6) is -0.691. The zero-order valence-electron chi connectivity index (χ0n) is 22.4. The van der Waals surface area contributed by atoms with E-state index in [1.54, 1.807) is 36.4 Å². The largest absolute Gasteiger partial charge is 0.416 e. The van der Waals surface area contributed by atoms with Crippen LogP contribution in [0.25, 0.3) is 0 Å². The predicted molar refractivity (Wildman–Crippen MR) is 154 cm³/mol. The summed E-state index contributed by atoms with van der Waals surface area (Å²) in [5.41, 5.74) is 0.934. The topological polar surface area (TPSA) is 113 Å².